The summed E-state index contributed by atoms with van der Waals surface area (Å²) < 4.78 is 5.38. The summed E-state index contributed by atoms with van der Waals surface area (Å²) in [6.45, 7) is 0. The first-order valence-corrected chi connectivity index (χ1v) is 4.61. The molecule has 0 radical (unpaired) electrons. The number of rotatable bonds is 2. The molecule has 12 heavy (non-hydrogen) atoms. The molecule has 2 unspecified atom stereocenters. The minimum absolute atomic E-state index is 0.650. The molecule has 1 heterocycles. The Morgan fingerprint density at radius 1 is 1.50 bits per heavy atom. The van der Waals surface area contributed by atoms with E-state index in [9.17, 15) is 0 Å². The quantitative estimate of drug-likeness (QED) is 0.726. The SMILES string of the molecule is CNC1CCC(c2ccco2)C1. The first-order chi connectivity index (χ1) is 5.90. The number of hydrogen-bond donors (Lipinski definition) is 1. The van der Waals surface area contributed by atoms with Gasteiger partial charge in [0.05, 0.1) is 6.26 Å². The molecule has 1 saturated carbocycles. The highest BCUT2D eigenvalue weighted by atomic mass is 16.3. The van der Waals surface area contributed by atoms with Gasteiger partial charge in [-0.1, -0.05) is 0 Å². The Morgan fingerprint density at radius 3 is 3.00 bits per heavy atom. The zero-order valence-electron chi connectivity index (χ0n) is 7.42. The van der Waals surface area contributed by atoms with Crippen molar-refractivity contribution in [2.24, 2.45) is 0 Å². The van der Waals surface area contributed by atoms with Crippen LogP contribution in [0.4, 0.5) is 0 Å². The van der Waals surface area contributed by atoms with Crippen LogP contribution in [0, 0.1) is 0 Å². The highest BCUT2D eigenvalue weighted by molar-refractivity contribution is 5.08. The maximum atomic E-state index is 5.38. The van der Waals surface area contributed by atoms with E-state index in [1.54, 1.807) is 6.26 Å². The smallest absolute Gasteiger partial charge is 0.106 e. The molecule has 0 aliphatic heterocycles. The fourth-order valence-electron chi connectivity index (χ4n) is 2.03. The lowest BCUT2D eigenvalue weighted by Gasteiger charge is -2.07. The van der Waals surface area contributed by atoms with Crippen molar-refractivity contribution < 1.29 is 4.42 Å². The zero-order chi connectivity index (χ0) is 8.39. The van der Waals surface area contributed by atoms with Crippen LogP contribution in [0.1, 0.15) is 30.9 Å². The van der Waals surface area contributed by atoms with Gasteiger partial charge in [0.2, 0.25) is 0 Å². The van der Waals surface area contributed by atoms with Crippen LogP contribution in [0.3, 0.4) is 0 Å². The van der Waals surface area contributed by atoms with Gasteiger partial charge < -0.3 is 9.73 Å². The van der Waals surface area contributed by atoms with Gasteiger partial charge in [0.15, 0.2) is 0 Å². The summed E-state index contributed by atoms with van der Waals surface area (Å²) in [4.78, 5) is 0. The normalized spacial score (nSPS) is 29.4. The first-order valence-electron chi connectivity index (χ1n) is 4.61. The van der Waals surface area contributed by atoms with Crippen LogP contribution >= 0.6 is 0 Å². The van der Waals surface area contributed by atoms with Gasteiger partial charge in [0.25, 0.3) is 0 Å². The van der Waals surface area contributed by atoms with Crippen molar-refractivity contribution in [3.05, 3.63) is 24.2 Å². The van der Waals surface area contributed by atoms with Gasteiger partial charge in [0, 0.05) is 12.0 Å². The third kappa shape index (κ3) is 1.39. The van der Waals surface area contributed by atoms with E-state index in [0.29, 0.717) is 12.0 Å². The van der Waals surface area contributed by atoms with E-state index < -0.39 is 0 Å². The van der Waals surface area contributed by atoms with E-state index in [1.165, 1.54) is 19.3 Å². The lowest BCUT2D eigenvalue weighted by molar-refractivity contribution is 0.457. The van der Waals surface area contributed by atoms with Crippen LogP contribution in [-0.2, 0) is 0 Å². The topological polar surface area (TPSA) is 25.2 Å². The molecule has 1 aromatic rings. The molecular formula is C10H15NO. The van der Waals surface area contributed by atoms with Gasteiger partial charge in [-0.3, -0.25) is 0 Å². The number of hydrogen-bond acceptors (Lipinski definition) is 2. The van der Waals surface area contributed by atoms with Gasteiger partial charge >= 0.3 is 0 Å². The molecular weight excluding hydrogens is 150 g/mol. The van der Waals surface area contributed by atoms with Gasteiger partial charge in [-0.15, -0.1) is 0 Å². The maximum absolute atomic E-state index is 5.38. The molecule has 0 amide bonds. The van der Waals surface area contributed by atoms with Crippen LogP contribution in [0.5, 0.6) is 0 Å². The Labute approximate surface area is 73.0 Å². The van der Waals surface area contributed by atoms with Crippen LogP contribution in [0.2, 0.25) is 0 Å². The summed E-state index contributed by atoms with van der Waals surface area (Å²) in [5, 5.41) is 3.31. The molecule has 0 bridgehead atoms. The third-order valence-corrected chi connectivity index (χ3v) is 2.79. The fourth-order valence-corrected chi connectivity index (χ4v) is 2.03. The molecule has 0 saturated heterocycles. The second-order valence-electron chi connectivity index (χ2n) is 3.51. The summed E-state index contributed by atoms with van der Waals surface area (Å²) in [7, 11) is 2.04. The second-order valence-corrected chi connectivity index (χ2v) is 3.51. The monoisotopic (exact) mass is 165 g/mol. The van der Waals surface area contributed by atoms with Crippen molar-refractivity contribution in [2.75, 3.05) is 7.05 Å². The lowest BCUT2D eigenvalue weighted by atomic mass is 10.1. The van der Waals surface area contributed by atoms with Crippen molar-refractivity contribution in [3.8, 4) is 0 Å². The molecule has 1 N–H and O–H groups in total. The molecule has 2 rings (SSSR count). The lowest BCUT2D eigenvalue weighted by Crippen LogP contribution is -2.20. The summed E-state index contributed by atoms with van der Waals surface area (Å²) in [6.07, 6.45) is 5.53. The second kappa shape index (κ2) is 3.31. The van der Waals surface area contributed by atoms with Crippen LogP contribution < -0.4 is 5.32 Å². The standard InChI is InChI=1S/C10H15NO/c1-11-9-5-4-8(7-9)10-3-2-6-12-10/h2-3,6,8-9,11H,4-5,7H2,1H3. The summed E-state index contributed by atoms with van der Waals surface area (Å²) in [6, 6.07) is 4.75. The molecule has 2 atom stereocenters. The zero-order valence-corrected chi connectivity index (χ0v) is 7.42. The maximum Gasteiger partial charge on any atom is 0.106 e. The van der Waals surface area contributed by atoms with E-state index in [0.717, 1.165) is 5.76 Å². The van der Waals surface area contributed by atoms with Crippen LogP contribution in [0.25, 0.3) is 0 Å². The van der Waals surface area contributed by atoms with Crippen LogP contribution in [0.15, 0.2) is 22.8 Å². The van der Waals surface area contributed by atoms with Crippen molar-refractivity contribution in [2.45, 2.75) is 31.2 Å². The van der Waals surface area contributed by atoms with Crippen molar-refractivity contribution in [1.29, 1.82) is 0 Å². The molecule has 1 aliphatic carbocycles. The van der Waals surface area contributed by atoms with Gasteiger partial charge in [0.1, 0.15) is 5.76 Å². The van der Waals surface area contributed by atoms with E-state index in [4.69, 9.17) is 4.42 Å². The van der Waals surface area contributed by atoms with E-state index >= 15 is 0 Å². The van der Waals surface area contributed by atoms with Crippen LogP contribution in [-0.4, -0.2) is 13.1 Å². The average Bonchev–Trinajstić information content (AvgIpc) is 2.75. The predicted octanol–water partition coefficient (Wildman–Crippen LogP) is 2.14. The Morgan fingerprint density at radius 2 is 2.42 bits per heavy atom. The van der Waals surface area contributed by atoms with E-state index in [2.05, 4.69) is 11.4 Å². The number of furan rings is 1. The van der Waals surface area contributed by atoms with Gasteiger partial charge in [-0.25, -0.2) is 0 Å². The largest absolute Gasteiger partial charge is 0.469 e. The Bertz CT molecular complexity index is 230. The van der Waals surface area contributed by atoms with Gasteiger partial charge in [-0.05, 0) is 38.4 Å². The predicted molar refractivity (Wildman–Crippen MR) is 48.1 cm³/mol. The highest BCUT2D eigenvalue weighted by Gasteiger charge is 2.26. The third-order valence-electron chi connectivity index (χ3n) is 2.79. The molecule has 0 aromatic carbocycles. The van der Waals surface area contributed by atoms with E-state index in [1.807, 2.05) is 13.1 Å². The minimum atomic E-state index is 0.650. The molecule has 1 aromatic heterocycles. The fraction of sp³-hybridized carbons (Fsp3) is 0.600. The van der Waals surface area contributed by atoms with Gasteiger partial charge in [-0.2, -0.15) is 0 Å². The Kier molecular flexibility index (Phi) is 2.17. The van der Waals surface area contributed by atoms with Crippen molar-refractivity contribution in [1.82, 2.24) is 5.32 Å². The number of nitrogens with one attached hydrogen (secondary N) is 1. The molecule has 1 aliphatic rings. The summed E-state index contributed by atoms with van der Waals surface area (Å²) in [5.74, 6) is 1.81. The Balaban J connectivity index is 2.00. The molecule has 1 fully saturated rings. The highest BCUT2D eigenvalue weighted by Crippen LogP contribution is 2.34. The Hall–Kier alpha value is -0.760. The molecule has 2 heteroatoms. The van der Waals surface area contributed by atoms with Crippen molar-refractivity contribution >= 4 is 0 Å². The first kappa shape index (κ1) is 7.87. The van der Waals surface area contributed by atoms with E-state index in [-0.39, 0.29) is 0 Å². The summed E-state index contributed by atoms with van der Waals surface area (Å²) in [5.41, 5.74) is 0. The van der Waals surface area contributed by atoms with Crippen molar-refractivity contribution in [3.63, 3.8) is 0 Å². The molecule has 0 spiro atoms. The average molecular weight is 165 g/mol. The minimum Gasteiger partial charge on any atom is -0.469 e. The summed E-state index contributed by atoms with van der Waals surface area (Å²) >= 11 is 0. The molecule has 66 valence electrons. The molecule has 2 nitrogen and oxygen atoms in total.